The topological polar surface area (TPSA) is 52.6 Å². The number of rotatable bonds is 6. The van der Waals surface area contributed by atoms with Gasteiger partial charge in [0.1, 0.15) is 13.2 Å². The molecule has 0 bridgehead atoms. The van der Waals surface area contributed by atoms with Gasteiger partial charge in [-0.25, -0.2) is 0 Å². The molecule has 0 N–H and O–H groups in total. The van der Waals surface area contributed by atoms with Crippen LogP contribution in [0.1, 0.15) is 58.1 Å². The first kappa shape index (κ1) is 22.6. The number of benzene rings is 2. The van der Waals surface area contributed by atoms with Crippen molar-refractivity contribution < 1.29 is 19.1 Å². The molecule has 2 aliphatic carbocycles. The van der Waals surface area contributed by atoms with Gasteiger partial charge in [-0.2, -0.15) is 0 Å². The van der Waals surface area contributed by atoms with E-state index in [9.17, 15) is 9.59 Å². The third-order valence-corrected chi connectivity index (χ3v) is 7.96. The summed E-state index contributed by atoms with van der Waals surface area (Å²) in [6.07, 6.45) is 2.94. The van der Waals surface area contributed by atoms with Gasteiger partial charge in [-0.1, -0.05) is 88.4 Å². The van der Waals surface area contributed by atoms with Crippen molar-refractivity contribution in [3.8, 4) is 0 Å². The van der Waals surface area contributed by atoms with Crippen LogP contribution < -0.4 is 0 Å². The number of esters is 2. The Kier molecular flexibility index (Phi) is 5.91. The second-order valence-electron chi connectivity index (χ2n) is 10.8. The molecule has 0 saturated heterocycles. The summed E-state index contributed by atoms with van der Waals surface area (Å²) in [6.45, 7) is 8.85. The summed E-state index contributed by atoms with van der Waals surface area (Å²) in [5.41, 5.74) is 0.106. The maximum absolute atomic E-state index is 13.7. The van der Waals surface area contributed by atoms with Crippen molar-refractivity contribution >= 4 is 11.9 Å². The van der Waals surface area contributed by atoms with Crippen LogP contribution >= 0.6 is 0 Å². The Morgan fingerprint density at radius 3 is 1.72 bits per heavy atom. The normalized spacial score (nSPS) is 24.5. The average Bonchev–Trinajstić information content (AvgIpc) is 2.77. The minimum absolute atomic E-state index is 0.0622. The predicted octanol–water partition coefficient (Wildman–Crippen LogP) is 5.94. The maximum Gasteiger partial charge on any atom is 0.324 e. The van der Waals surface area contributed by atoms with Crippen molar-refractivity contribution in [1.82, 2.24) is 0 Å². The fourth-order valence-electron chi connectivity index (χ4n) is 6.17. The zero-order chi connectivity index (χ0) is 23.0. The molecule has 0 aliphatic heterocycles. The standard InChI is InChI=1S/C28H34O4/c1-26(2)16-15-22-23(17-26)28(27(22,3)4,24(29)31-18-20-11-7-5-8-12-20)25(30)32-19-21-13-9-6-10-14-21/h5-14,22-23H,15-19H2,1-4H3/t22-,23-/m0/s1. The molecule has 0 radical (unpaired) electrons. The first-order chi connectivity index (χ1) is 15.2. The lowest BCUT2D eigenvalue weighted by Crippen LogP contribution is -2.72. The second kappa shape index (κ2) is 8.38. The molecule has 2 saturated carbocycles. The van der Waals surface area contributed by atoms with Crippen molar-refractivity contribution in [1.29, 1.82) is 0 Å². The molecule has 4 heteroatoms. The summed E-state index contributed by atoms with van der Waals surface area (Å²) in [4.78, 5) is 27.5. The predicted molar refractivity (Wildman–Crippen MR) is 123 cm³/mol. The van der Waals surface area contributed by atoms with Gasteiger partial charge >= 0.3 is 11.9 Å². The zero-order valence-corrected chi connectivity index (χ0v) is 19.6. The molecule has 0 spiro atoms. The molecule has 2 aliphatic rings. The number of hydrogen-bond acceptors (Lipinski definition) is 4. The van der Waals surface area contributed by atoms with Crippen molar-refractivity contribution in [3.05, 3.63) is 71.8 Å². The van der Waals surface area contributed by atoms with Crippen molar-refractivity contribution in [2.45, 2.75) is 60.2 Å². The van der Waals surface area contributed by atoms with E-state index in [0.717, 1.165) is 30.4 Å². The molecule has 170 valence electrons. The molecule has 4 nitrogen and oxygen atoms in total. The highest BCUT2D eigenvalue weighted by Crippen LogP contribution is 2.71. The summed E-state index contributed by atoms with van der Waals surface area (Å²) in [7, 11) is 0. The molecule has 2 aromatic carbocycles. The van der Waals surface area contributed by atoms with Gasteiger partial charge in [0.25, 0.3) is 0 Å². The second-order valence-corrected chi connectivity index (χ2v) is 10.8. The molecule has 32 heavy (non-hydrogen) atoms. The van der Waals surface area contributed by atoms with Gasteiger partial charge in [0.05, 0.1) is 0 Å². The lowest BCUT2D eigenvalue weighted by atomic mass is 9.34. The Balaban J connectivity index is 1.62. The van der Waals surface area contributed by atoms with E-state index >= 15 is 0 Å². The number of hydrogen-bond donors (Lipinski definition) is 0. The Morgan fingerprint density at radius 1 is 0.781 bits per heavy atom. The van der Waals surface area contributed by atoms with E-state index < -0.39 is 22.8 Å². The largest absolute Gasteiger partial charge is 0.460 e. The van der Waals surface area contributed by atoms with Gasteiger partial charge in [-0.3, -0.25) is 9.59 Å². The number of ether oxygens (including phenoxy) is 2. The molecular weight excluding hydrogens is 400 g/mol. The maximum atomic E-state index is 13.7. The average molecular weight is 435 g/mol. The molecule has 0 heterocycles. The SMILES string of the molecule is CC1(C)CC[C@H]2[C@H](C1)C(C(=O)OCc1ccccc1)(C(=O)OCc1ccccc1)C2(C)C. The van der Waals surface area contributed by atoms with Crippen LogP contribution in [0.15, 0.2) is 60.7 Å². The minimum atomic E-state index is -1.28. The summed E-state index contributed by atoms with van der Waals surface area (Å²) in [5, 5.41) is 0. The van der Waals surface area contributed by atoms with Crippen LogP contribution in [0, 0.1) is 28.1 Å². The summed E-state index contributed by atoms with van der Waals surface area (Å²) in [5.74, 6) is -0.636. The molecule has 4 rings (SSSR count). The van der Waals surface area contributed by atoms with E-state index in [-0.39, 0.29) is 24.5 Å². The molecule has 0 amide bonds. The van der Waals surface area contributed by atoms with E-state index in [1.165, 1.54) is 0 Å². The van der Waals surface area contributed by atoms with Crippen molar-refractivity contribution in [3.63, 3.8) is 0 Å². The van der Waals surface area contributed by atoms with E-state index in [4.69, 9.17) is 9.47 Å². The van der Waals surface area contributed by atoms with Crippen LogP contribution in [-0.4, -0.2) is 11.9 Å². The van der Waals surface area contributed by atoms with Crippen LogP contribution in [0.5, 0.6) is 0 Å². The van der Waals surface area contributed by atoms with Crippen LogP contribution in [0.25, 0.3) is 0 Å². The highest BCUT2D eigenvalue weighted by atomic mass is 16.6. The molecule has 0 aromatic heterocycles. The fourth-order valence-corrected chi connectivity index (χ4v) is 6.17. The molecule has 2 aromatic rings. The van der Waals surface area contributed by atoms with E-state index in [0.29, 0.717) is 5.92 Å². The number of carbonyl (C=O) groups is 2. The minimum Gasteiger partial charge on any atom is -0.460 e. The lowest BCUT2D eigenvalue weighted by molar-refractivity contribution is -0.246. The summed E-state index contributed by atoms with van der Waals surface area (Å²) in [6, 6.07) is 19.2. The first-order valence-corrected chi connectivity index (χ1v) is 11.6. The summed E-state index contributed by atoms with van der Waals surface area (Å²) < 4.78 is 11.6. The van der Waals surface area contributed by atoms with E-state index in [1.54, 1.807) is 0 Å². The molecule has 2 fully saturated rings. The van der Waals surface area contributed by atoms with Crippen molar-refractivity contribution in [2.75, 3.05) is 0 Å². The van der Waals surface area contributed by atoms with Crippen LogP contribution in [-0.2, 0) is 32.3 Å². The Labute approximate surface area is 191 Å². The fraction of sp³-hybridized carbons (Fsp3) is 0.500. The van der Waals surface area contributed by atoms with E-state index in [1.807, 2.05) is 74.5 Å². The summed E-state index contributed by atoms with van der Waals surface area (Å²) >= 11 is 0. The molecule has 0 unspecified atom stereocenters. The van der Waals surface area contributed by atoms with Gasteiger partial charge in [-0.15, -0.1) is 0 Å². The Bertz CT molecular complexity index is 906. The van der Waals surface area contributed by atoms with Crippen molar-refractivity contribution in [2.24, 2.45) is 28.1 Å². The van der Waals surface area contributed by atoms with Gasteiger partial charge in [-0.05, 0) is 53.1 Å². The highest BCUT2D eigenvalue weighted by molar-refractivity contribution is 6.03. The lowest BCUT2D eigenvalue weighted by Gasteiger charge is -2.67. The number of carbonyl (C=O) groups excluding carboxylic acids is 2. The van der Waals surface area contributed by atoms with Crippen LogP contribution in [0.2, 0.25) is 0 Å². The number of fused-ring (bicyclic) bond motifs is 1. The van der Waals surface area contributed by atoms with Gasteiger partial charge < -0.3 is 9.47 Å². The molecular formula is C28H34O4. The van der Waals surface area contributed by atoms with Gasteiger partial charge in [0.2, 0.25) is 0 Å². The quantitative estimate of drug-likeness (QED) is 0.417. The van der Waals surface area contributed by atoms with Crippen LogP contribution in [0.4, 0.5) is 0 Å². The monoisotopic (exact) mass is 434 g/mol. The smallest absolute Gasteiger partial charge is 0.324 e. The Morgan fingerprint density at radius 2 is 1.25 bits per heavy atom. The Hall–Kier alpha value is -2.62. The van der Waals surface area contributed by atoms with Gasteiger partial charge in [0.15, 0.2) is 5.41 Å². The van der Waals surface area contributed by atoms with Gasteiger partial charge in [0, 0.05) is 0 Å². The zero-order valence-electron chi connectivity index (χ0n) is 19.6. The first-order valence-electron chi connectivity index (χ1n) is 11.6. The highest BCUT2D eigenvalue weighted by Gasteiger charge is 2.77. The van der Waals surface area contributed by atoms with E-state index in [2.05, 4.69) is 13.8 Å². The molecule has 2 atom stereocenters. The third kappa shape index (κ3) is 3.74. The van der Waals surface area contributed by atoms with Crippen LogP contribution in [0.3, 0.4) is 0 Å². The third-order valence-electron chi connectivity index (χ3n) is 7.96.